The van der Waals surface area contributed by atoms with E-state index in [0.29, 0.717) is 0 Å². The average molecular weight is 240 g/mol. The van der Waals surface area contributed by atoms with Gasteiger partial charge in [-0.05, 0) is 12.5 Å². The zero-order valence-electron chi connectivity index (χ0n) is 7.54. The van der Waals surface area contributed by atoms with Crippen LogP contribution in [0.25, 0.3) is 0 Å². The van der Waals surface area contributed by atoms with Crippen LogP contribution in [0.3, 0.4) is 0 Å². The van der Waals surface area contributed by atoms with Crippen molar-refractivity contribution in [3.05, 3.63) is 23.1 Å². The Hall–Kier alpha value is -1.15. The smallest absolute Gasteiger partial charge is 0.241 e. The molecule has 1 aromatic rings. The van der Waals surface area contributed by atoms with Crippen molar-refractivity contribution in [2.45, 2.75) is 18.4 Å². The number of alkyl halides is 2. The topological polar surface area (TPSA) is 73.0 Å². The maximum Gasteiger partial charge on any atom is 0.267 e. The molecule has 0 radical (unpaired) electrons. The SMILES string of the molecule is Cc1cnc(S(N)(=O)=O)c(F)c1C(F)F. The fraction of sp³-hybridized carbons (Fsp3) is 0.286. The molecule has 0 fully saturated rings. The van der Waals surface area contributed by atoms with E-state index in [0.717, 1.165) is 6.20 Å². The molecule has 8 heteroatoms. The van der Waals surface area contributed by atoms with Crippen LogP contribution in [-0.4, -0.2) is 13.4 Å². The highest BCUT2D eigenvalue weighted by Gasteiger charge is 2.25. The monoisotopic (exact) mass is 240 g/mol. The van der Waals surface area contributed by atoms with Crippen LogP contribution in [0.5, 0.6) is 0 Å². The number of aromatic nitrogens is 1. The summed E-state index contributed by atoms with van der Waals surface area (Å²) < 4.78 is 59.5. The van der Waals surface area contributed by atoms with Crippen molar-refractivity contribution >= 4 is 10.0 Å². The van der Waals surface area contributed by atoms with E-state index in [1.807, 2.05) is 0 Å². The molecule has 4 nitrogen and oxygen atoms in total. The van der Waals surface area contributed by atoms with Gasteiger partial charge in [-0.25, -0.2) is 31.7 Å². The van der Waals surface area contributed by atoms with Crippen molar-refractivity contribution in [3.63, 3.8) is 0 Å². The zero-order valence-corrected chi connectivity index (χ0v) is 8.35. The number of aryl methyl sites for hydroxylation is 1. The predicted octanol–water partition coefficient (Wildman–Crippen LogP) is 1.11. The van der Waals surface area contributed by atoms with E-state index in [4.69, 9.17) is 0 Å². The lowest BCUT2D eigenvalue weighted by Gasteiger charge is -2.08. The van der Waals surface area contributed by atoms with E-state index in [9.17, 15) is 21.6 Å². The summed E-state index contributed by atoms with van der Waals surface area (Å²) >= 11 is 0. The van der Waals surface area contributed by atoms with Gasteiger partial charge in [-0.3, -0.25) is 0 Å². The largest absolute Gasteiger partial charge is 0.267 e. The highest BCUT2D eigenvalue weighted by Crippen LogP contribution is 2.27. The van der Waals surface area contributed by atoms with Gasteiger partial charge in [-0.1, -0.05) is 0 Å². The molecule has 0 amide bonds. The second-order valence-corrected chi connectivity index (χ2v) is 4.30. The van der Waals surface area contributed by atoms with Crippen LogP contribution in [0, 0.1) is 12.7 Å². The van der Waals surface area contributed by atoms with Crippen LogP contribution in [-0.2, 0) is 10.0 Å². The van der Waals surface area contributed by atoms with E-state index in [1.54, 1.807) is 0 Å². The van der Waals surface area contributed by atoms with Crippen LogP contribution in [0.2, 0.25) is 0 Å². The van der Waals surface area contributed by atoms with E-state index in [1.165, 1.54) is 6.92 Å². The minimum absolute atomic E-state index is 0.130. The van der Waals surface area contributed by atoms with Crippen LogP contribution in [0.4, 0.5) is 13.2 Å². The summed E-state index contributed by atoms with van der Waals surface area (Å²) in [6, 6.07) is 0. The molecule has 15 heavy (non-hydrogen) atoms. The molecule has 84 valence electrons. The lowest BCUT2D eigenvalue weighted by molar-refractivity contribution is 0.144. The summed E-state index contributed by atoms with van der Waals surface area (Å²) in [5.41, 5.74) is -1.12. The van der Waals surface area contributed by atoms with Crippen LogP contribution >= 0.6 is 0 Å². The maximum absolute atomic E-state index is 13.3. The van der Waals surface area contributed by atoms with E-state index >= 15 is 0 Å². The first-order chi connectivity index (χ1) is 6.75. The molecule has 0 aromatic carbocycles. The normalized spacial score (nSPS) is 12.1. The molecule has 0 bridgehead atoms. The molecule has 0 spiro atoms. The summed E-state index contributed by atoms with van der Waals surface area (Å²) in [4.78, 5) is 3.17. The van der Waals surface area contributed by atoms with Crippen LogP contribution < -0.4 is 5.14 Å². The first-order valence-corrected chi connectivity index (χ1v) is 5.25. The molecule has 1 heterocycles. The van der Waals surface area contributed by atoms with Gasteiger partial charge in [0.2, 0.25) is 5.03 Å². The van der Waals surface area contributed by atoms with Crippen molar-refractivity contribution in [2.24, 2.45) is 5.14 Å². The highest BCUT2D eigenvalue weighted by atomic mass is 32.2. The molecular weight excluding hydrogens is 233 g/mol. The first kappa shape index (κ1) is 11.9. The van der Waals surface area contributed by atoms with Gasteiger partial charge in [-0.15, -0.1) is 0 Å². The third-order valence-corrected chi connectivity index (χ3v) is 2.54. The van der Waals surface area contributed by atoms with Crippen molar-refractivity contribution in [1.29, 1.82) is 0 Å². The van der Waals surface area contributed by atoms with Gasteiger partial charge in [0.05, 0.1) is 5.56 Å². The number of primary sulfonamides is 1. The second kappa shape index (κ2) is 3.78. The zero-order chi connectivity index (χ0) is 11.8. The standard InChI is InChI=1S/C7H7F3N2O2S/c1-3-2-12-7(15(11,13)14)5(8)4(3)6(9)10/h2,6H,1H3,(H2,11,13,14). The number of halogens is 3. The lowest BCUT2D eigenvalue weighted by atomic mass is 10.1. The minimum atomic E-state index is -4.43. The van der Waals surface area contributed by atoms with Gasteiger partial charge in [-0.2, -0.15) is 0 Å². The lowest BCUT2D eigenvalue weighted by Crippen LogP contribution is -2.17. The van der Waals surface area contributed by atoms with Crippen molar-refractivity contribution in [2.75, 3.05) is 0 Å². The molecule has 1 rings (SSSR count). The molecule has 0 aliphatic heterocycles. The van der Waals surface area contributed by atoms with E-state index in [2.05, 4.69) is 10.1 Å². The van der Waals surface area contributed by atoms with Crippen LogP contribution in [0.15, 0.2) is 11.2 Å². The Kier molecular flexibility index (Phi) is 3.00. The Balaban J connectivity index is 3.56. The fourth-order valence-corrected chi connectivity index (χ4v) is 1.60. The highest BCUT2D eigenvalue weighted by molar-refractivity contribution is 7.89. The summed E-state index contributed by atoms with van der Waals surface area (Å²) in [5.74, 6) is -1.59. The van der Waals surface area contributed by atoms with Crippen LogP contribution in [0.1, 0.15) is 17.6 Å². The Bertz CT molecular complexity index is 487. The van der Waals surface area contributed by atoms with Gasteiger partial charge in [0, 0.05) is 6.20 Å². The summed E-state index contributed by atoms with van der Waals surface area (Å²) in [6.45, 7) is 1.20. The first-order valence-electron chi connectivity index (χ1n) is 3.71. The van der Waals surface area contributed by atoms with E-state index < -0.39 is 32.9 Å². The van der Waals surface area contributed by atoms with Crippen molar-refractivity contribution in [1.82, 2.24) is 4.98 Å². The second-order valence-electron chi connectivity index (χ2n) is 2.82. The number of rotatable bonds is 2. The Morgan fingerprint density at radius 3 is 2.40 bits per heavy atom. The number of hydrogen-bond acceptors (Lipinski definition) is 3. The number of sulfonamides is 1. The molecule has 0 saturated carbocycles. The molecule has 0 atom stereocenters. The molecule has 1 aromatic heterocycles. The quantitative estimate of drug-likeness (QED) is 0.841. The van der Waals surface area contributed by atoms with Crippen molar-refractivity contribution in [3.8, 4) is 0 Å². The fourth-order valence-electron chi connectivity index (χ4n) is 1.04. The number of hydrogen-bond donors (Lipinski definition) is 1. The van der Waals surface area contributed by atoms with Gasteiger partial charge in [0.15, 0.2) is 5.82 Å². The Labute approximate surface area is 84.0 Å². The van der Waals surface area contributed by atoms with Gasteiger partial charge < -0.3 is 0 Å². The maximum atomic E-state index is 13.3. The summed E-state index contributed by atoms with van der Waals surface area (Å²) in [6.07, 6.45) is -2.28. The summed E-state index contributed by atoms with van der Waals surface area (Å²) in [5, 5.41) is 3.44. The molecule has 2 N–H and O–H groups in total. The third kappa shape index (κ3) is 2.26. The number of nitrogens with two attached hydrogens (primary N) is 1. The number of pyridine rings is 1. The summed E-state index contributed by atoms with van der Waals surface area (Å²) in [7, 11) is -4.43. The van der Waals surface area contributed by atoms with Crippen molar-refractivity contribution < 1.29 is 21.6 Å². The van der Waals surface area contributed by atoms with Gasteiger partial charge in [0.1, 0.15) is 0 Å². The van der Waals surface area contributed by atoms with Gasteiger partial charge in [0.25, 0.3) is 16.4 Å². The predicted molar refractivity (Wildman–Crippen MR) is 45.3 cm³/mol. The molecule has 0 unspecified atom stereocenters. The molecular formula is C7H7F3N2O2S. The third-order valence-electron chi connectivity index (χ3n) is 1.71. The molecule has 0 saturated heterocycles. The average Bonchev–Trinajstić information content (AvgIpc) is 2.00. The molecule has 0 aliphatic carbocycles. The molecule has 0 aliphatic rings. The minimum Gasteiger partial charge on any atom is -0.241 e. The Morgan fingerprint density at radius 2 is 2.00 bits per heavy atom. The Morgan fingerprint density at radius 1 is 1.47 bits per heavy atom. The van der Waals surface area contributed by atoms with Gasteiger partial charge >= 0.3 is 0 Å². The number of nitrogens with zero attached hydrogens (tertiary/aromatic N) is 1. The van der Waals surface area contributed by atoms with E-state index in [-0.39, 0.29) is 5.56 Å².